The van der Waals surface area contributed by atoms with Crippen LogP contribution in [0.3, 0.4) is 0 Å². The van der Waals surface area contributed by atoms with Crippen LogP contribution < -0.4 is 5.32 Å². The van der Waals surface area contributed by atoms with Crippen molar-refractivity contribution in [3.05, 3.63) is 0 Å². The number of rotatable bonds is 3. The summed E-state index contributed by atoms with van der Waals surface area (Å²) in [6, 6.07) is 0. The average molecular weight is 240 g/mol. The number of piperidine rings is 2. The molecule has 17 heavy (non-hydrogen) atoms. The first kappa shape index (κ1) is 13.3. The molecule has 1 N–H and O–H groups in total. The Hall–Kier alpha value is -0.120. The highest BCUT2D eigenvalue weighted by molar-refractivity contribution is 4.91. The molecule has 2 aliphatic heterocycles. The van der Waals surface area contributed by atoms with Gasteiger partial charge in [-0.05, 0) is 45.2 Å². The second-order valence-corrected chi connectivity index (χ2v) is 6.22. The second kappa shape index (κ2) is 5.68. The van der Waals surface area contributed by atoms with E-state index in [0.29, 0.717) is 17.6 Å². The highest BCUT2D eigenvalue weighted by Crippen LogP contribution is 2.24. The van der Waals surface area contributed by atoms with Gasteiger partial charge in [0.2, 0.25) is 0 Å². The lowest BCUT2D eigenvalue weighted by Gasteiger charge is -2.43. The molecule has 0 saturated carbocycles. The molecule has 2 fully saturated rings. The minimum atomic E-state index is 0.330. The van der Waals surface area contributed by atoms with Crippen molar-refractivity contribution in [3.8, 4) is 0 Å². The largest absolute Gasteiger partial charge is 0.380 e. The van der Waals surface area contributed by atoms with Gasteiger partial charge in [0.1, 0.15) is 0 Å². The van der Waals surface area contributed by atoms with Crippen LogP contribution in [0.2, 0.25) is 0 Å². The molecule has 2 aliphatic rings. The predicted molar refractivity (Wildman–Crippen MR) is 71.3 cm³/mol. The fourth-order valence-electron chi connectivity index (χ4n) is 3.30. The summed E-state index contributed by atoms with van der Waals surface area (Å²) in [7, 11) is 1.85. The smallest absolute Gasteiger partial charge is 0.0724 e. The first-order valence-corrected chi connectivity index (χ1v) is 7.13. The van der Waals surface area contributed by atoms with Crippen LogP contribution in [0.25, 0.3) is 0 Å². The minimum Gasteiger partial charge on any atom is -0.380 e. The van der Waals surface area contributed by atoms with Crippen LogP contribution in [0.4, 0.5) is 0 Å². The molecule has 2 saturated heterocycles. The van der Waals surface area contributed by atoms with Crippen LogP contribution >= 0.6 is 0 Å². The molecular weight excluding hydrogens is 212 g/mol. The summed E-state index contributed by atoms with van der Waals surface area (Å²) in [4.78, 5) is 2.59. The van der Waals surface area contributed by atoms with E-state index in [1.165, 1.54) is 45.3 Å². The monoisotopic (exact) mass is 240 g/mol. The summed E-state index contributed by atoms with van der Waals surface area (Å²) in [6.45, 7) is 9.40. The van der Waals surface area contributed by atoms with Gasteiger partial charge in [-0.25, -0.2) is 0 Å². The summed E-state index contributed by atoms with van der Waals surface area (Å²) >= 11 is 0. The van der Waals surface area contributed by atoms with E-state index in [4.69, 9.17) is 4.74 Å². The van der Waals surface area contributed by atoms with Crippen molar-refractivity contribution in [2.75, 3.05) is 33.3 Å². The van der Waals surface area contributed by atoms with Crippen LogP contribution in [-0.2, 0) is 4.74 Å². The molecule has 0 amide bonds. The Balaban J connectivity index is 1.86. The number of nitrogens with one attached hydrogen (secondary N) is 1. The van der Waals surface area contributed by atoms with Crippen molar-refractivity contribution in [2.24, 2.45) is 5.92 Å². The summed E-state index contributed by atoms with van der Waals surface area (Å²) in [5.74, 6) is 0.711. The normalized spacial score (nSPS) is 40.4. The van der Waals surface area contributed by atoms with E-state index in [9.17, 15) is 0 Å². The lowest BCUT2D eigenvalue weighted by Crippen LogP contribution is -2.56. The number of hydrogen-bond donors (Lipinski definition) is 1. The van der Waals surface area contributed by atoms with Gasteiger partial charge in [-0.3, -0.25) is 4.90 Å². The van der Waals surface area contributed by atoms with Crippen molar-refractivity contribution in [1.29, 1.82) is 0 Å². The third kappa shape index (κ3) is 3.43. The van der Waals surface area contributed by atoms with Gasteiger partial charge in [0.05, 0.1) is 6.10 Å². The Morgan fingerprint density at radius 1 is 1.41 bits per heavy atom. The molecule has 0 bridgehead atoms. The molecule has 3 heteroatoms. The molecular formula is C14H28N2O. The van der Waals surface area contributed by atoms with E-state index >= 15 is 0 Å². The van der Waals surface area contributed by atoms with Crippen LogP contribution in [0, 0.1) is 5.92 Å². The van der Waals surface area contributed by atoms with E-state index in [0.717, 1.165) is 6.54 Å². The average Bonchev–Trinajstić information content (AvgIpc) is 2.32. The number of likely N-dealkylation sites (tertiary alicyclic amines) is 1. The SMILES string of the molecule is COC1CN(CC2(C)CCCCN2)CCC1C. The molecule has 100 valence electrons. The maximum Gasteiger partial charge on any atom is 0.0724 e. The molecule has 0 aromatic heterocycles. The maximum atomic E-state index is 5.59. The van der Waals surface area contributed by atoms with Crippen LogP contribution in [0.5, 0.6) is 0 Å². The van der Waals surface area contributed by atoms with Crippen molar-refractivity contribution in [3.63, 3.8) is 0 Å². The molecule has 0 aromatic rings. The zero-order chi connectivity index (χ0) is 12.3. The molecule has 3 unspecified atom stereocenters. The number of ether oxygens (including phenoxy) is 1. The highest BCUT2D eigenvalue weighted by Gasteiger charge is 2.32. The van der Waals surface area contributed by atoms with Crippen molar-refractivity contribution in [2.45, 2.75) is 51.2 Å². The third-order valence-corrected chi connectivity index (χ3v) is 4.56. The molecule has 2 rings (SSSR count). The van der Waals surface area contributed by atoms with E-state index < -0.39 is 0 Å². The van der Waals surface area contributed by atoms with E-state index in [2.05, 4.69) is 24.1 Å². The van der Waals surface area contributed by atoms with Gasteiger partial charge in [0.15, 0.2) is 0 Å². The molecule has 3 atom stereocenters. The molecule has 0 spiro atoms. The lowest BCUT2D eigenvalue weighted by molar-refractivity contribution is -0.0139. The standard InChI is InChI=1S/C14H28N2O/c1-12-6-9-16(10-13(12)17-3)11-14(2)7-4-5-8-15-14/h12-13,15H,4-11H2,1-3H3. The van der Waals surface area contributed by atoms with Crippen molar-refractivity contribution >= 4 is 0 Å². The quantitative estimate of drug-likeness (QED) is 0.815. The number of methoxy groups -OCH3 is 1. The summed E-state index contributed by atoms with van der Waals surface area (Å²) < 4.78 is 5.59. The van der Waals surface area contributed by atoms with Crippen molar-refractivity contribution < 1.29 is 4.74 Å². The molecule has 0 aliphatic carbocycles. The van der Waals surface area contributed by atoms with Gasteiger partial charge in [0.25, 0.3) is 0 Å². The minimum absolute atomic E-state index is 0.330. The lowest BCUT2D eigenvalue weighted by atomic mass is 9.88. The summed E-state index contributed by atoms with van der Waals surface area (Å²) in [5, 5.41) is 3.70. The van der Waals surface area contributed by atoms with Crippen LogP contribution in [0.1, 0.15) is 39.5 Å². The molecule has 3 nitrogen and oxygen atoms in total. The fraction of sp³-hybridized carbons (Fsp3) is 1.00. The molecule has 0 aromatic carbocycles. The van der Waals surface area contributed by atoms with E-state index in [1.807, 2.05) is 7.11 Å². The Morgan fingerprint density at radius 2 is 2.24 bits per heavy atom. The molecule has 0 radical (unpaired) electrons. The van der Waals surface area contributed by atoms with Gasteiger partial charge in [-0.1, -0.05) is 13.3 Å². The Bertz CT molecular complexity index is 238. The topological polar surface area (TPSA) is 24.5 Å². The maximum absolute atomic E-state index is 5.59. The highest BCUT2D eigenvalue weighted by atomic mass is 16.5. The third-order valence-electron chi connectivity index (χ3n) is 4.56. The number of nitrogens with zero attached hydrogens (tertiary/aromatic N) is 1. The van der Waals surface area contributed by atoms with Gasteiger partial charge >= 0.3 is 0 Å². The van der Waals surface area contributed by atoms with Crippen LogP contribution in [0.15, 0.2) is 0 Å². The van der Waals surface area contributed by atoms with Crippen molar-refractivity contribution in [1.82, 2.24) is 10.2 Å². The number of hydrogen-bond acceptors (Lipinski definition) is 3. The Kier molecular flexibility index (Phi) is 4.45. The Morgan fingerprint density at radius 3 is 2.88 bits per heavy atom. The zero-order valence-electron chi connectivity index (χ0n) is 11.7. The fourth-order valence-corrected chi connectivity index (χ4v) is 3.30. The second-order valence-electron chi connectivity index (χ2n) is 6.22. The summed E-state index contributed by atoms with van der Waals surface area (Å²) in [5.41, 5.74) is 0.330. The van der Waals surface area contributed by atoms with Gasteiger partial charge in [-0.2, -0.15) is 0 Å². The summed E-state index contributed by atoms with van der Waals surface area (Å²) in [6.07, 6.45) is 5.73. The van der Waals surface area contributed by atoms with Gasteiger partial charge in [-0.15, -0.1) is 0 Å². The van der Waals surface area contributed by atoms with E-state index in [-0.39, 0.29) is 0 Å². The molecule has 2 heterocycles. The van der Waals surface area contributed by atoms with Crippen LogP contribution in [-0.4, -0.2) is 49.8 Å². The first-order valence-electron chi connectivity index (χ1n) is 7.13. The predicted octanol–water partition coefficient (Wildman–Crippen LogP) is 1.88. The zero-order valence-corrected chi connectivity index (χ0v) is 11.7. The first-order chi connectivity index (χ1) is 8.13. The van der Waals surface area contributed by atoms with E-state index in [1.54, 1.807) is 0 Å². The van der Waals surface area contributed by atoms with Gasteiger partial charge in [0, 0.05) is 25.7 Å². The van der Waals surface area contributed by atoms with Gasteiger partial charge < -0.3 is 10.1 Å². The Labute approximate surface area is 106 Å².